The summed E-state index contributed by atoms with van der Waals surface area (Å²) in [4.78, 5) is 27.2. The topological polar surface area (TPSA) is 62.6 Å². The molecule has 2 amide bonds. The van der Waals surface area contributed by atoms with Crippen molar-refractivity contribution in [1.82, 2.24) is 10.2 Å². The molecule has 3 rings (SSSR count). The van der Waals surface area contributed by atoms with Gasteiger partial charge in [0, 0.05) is 18.3 Å². The molecule has 1 fully saturated rings. The lowest BCUT2D eigenvalue weighted by atomic mass is 9.98. The van der Waals surface area contributed by atoms with E-state index in [-0.39, 0.29) is 30.2 Å². The summed E-state index contributed by atoms with van der Waals surface area (Å²) >= 11 is 1.57. The molecule has 3 heterocycles. The van der Waals surface area contributed by atoms with Crippen LogP contribution in [-0.4, -0.2) is 23.8 Å². The van der Waals surface area contributed by atoms with E-state index in [0.717, 1.165) is 16.4 Å². The lowest BCUT2D eigenvalue weighted by molar-refractivity contribution is -0.128. The molecule has 1 aliphatic heterocycles. The van der Waals surface area contributed by atoms with Crippen molar-refractivity contribution in [3.63, 3.8) is 0 Å². The molecule has 116 valence electrons. The third-order valence-electron chi connectivity index (χ3n) is 3.99. The van der Waals surface area contributed by atoms with E-state index < -0.39 is 0 Å². The van der Waals surface area contributed by atoms with Gasteiger partial charge in [-0.25, -0.2) is 0 Å². The zero-order chi connectivity index (χ0) is 15.7. The summed E-state index contributed by atoms with van der Waals surface area (Å²) in [7, 11) is 1.76. The van der Waals surface area contributed by atoms with Crippen LogP contribution in [0.3, 0.4) is 0 Å². The number of nitrogens with one attached hydrogen (secondary N) is 1. The zero-order valence-corrected chi connectivity index (χ0v) is 13.4. The molecule has 0 aliphatic carbocycles. The van der Waals surface area contributed by atoms with Crippen molar-refractivity contribution in [3.8, 4) is 0 Å². The summed E-state index contributed by atoms with van der Waals surface area (Å²) in [5, 5.41) is 4.85. The summed E-state index contributed by atoms with van der Waals surface area (Å²) in [6, 6.07) is 7.45. The Balaban J connectivity index is 1.71. The molecule has 0 saturated carbocycles. The number of carbonyl (C=O) groups is 2. The van der Waals surface area contributed by atoms with E-state index in [1.807, 2.05) is 36.6 Å². The lowest BCUT2D eigenvalue weighted by Gasteiger charge is -2.23. The van der Waals surface area contributed by atoms with E-state index in [1.54, 1.807) is 23.3 Å². The third kappa shape index (κ3) is 2.78. The molecule has 1 aliphatic rings. The van der Waals surface area contributed by atoms with E-state index >= 15 is 0 Å². The molecule has 22 heavy (non-hydrogen) atoms. The average Bonchev–Trinajstić information content (AvgIpc) is 3.19. The van der Waals surface area contributed by atoms with Gasteiger partial charge in [-0.1, -0.05) is 6.07 Å². The van der Waals surface area contributed by atoms with E-state index in [1.165, 1.54) is 0 Å². The van der Waals surface area contributed by atoms with Gasteiger partial charge in [-0.15, -0.1) is 11.3 Å². The summed E-state index contributed by atoms with van der Waals surface area (Å²) in [6.45, 7) is 2.21. The highest BCUT2D eigenvalue weighted by Crippen LogP contribution is 2.39. The number of nitrogens with zero attached hydrogens (tertiary/aromatic N) is 1. The first-order chi connectivity index (χ1) is 10.6. The maximum atomic E-state index is 12.5. The fourth-order valence-electron chi connectivity index (χ4n) is 2.84. The molecule has 2 aromatic heterocycles. The van der Waals surface area contributed by atoms with Crippen molar-refractivity contribution in [2.24, 2.45) is 5.92 Å². The number of rotatable bonds is 4. The van der Waals surface area contributed by atoms with Gasteiger partial charge >= 0.3 is 0 Å². The Morgan fingerprint density at radius 3 is 2.91 bits per heavy atom. The maximum absolute atomic E-state index is 12.5. The van der Waals surface area contributed by atoms with Gasteiger partial charge in [0.2, 0.25) is 11.8 Å². The van der Waals surface area contributed by atoms with Crippen molar-refractivity contribution >= 4 is 23.2 Å². The monoisotopic (exact) mass is 318 g/mol. The summed E-state index contributed by atoms with van der Waals surface area (Å²) in [5.74, 6) is 1.08. The summed E-state index contributed by atoms with van der Waals surface area (Å²) in [5.41, 5.74) is 0. The van der Waals surface area contributed by atoms with Gasteiger partial charge in [0.1, 0.15) is 11.5 Å². The smallest absolute Gasteiger partial charge is 0.226 e. The number of furan rings is 1. The van der Waals surface area contributed by atoms with E-state index in [4.69, 9.17) is 4.42 Å². The minimum Gasteiger partial charge on any atom is -0.465 e. The molecule has 0 spiro atoms. The lowest BCUT2D eigenvalue weighted by Crippen LogP contribution is -2.33. The van der Waals surface area contributed by atoms with Crippen molar-refractivity contribution in [2.75, 3.05) is 7.05 Å². The van der Waals surface area contributed by atoms with Gasteiger partial charge in [0.05, 0.1) is 18.5 Å². The predicted octanol–water partition coefficient (Wildman–Crippen LogP) is 2.49. The second-order valence-electron chi connectivity index (χ2n) is 5.51. The van der Waals surface area contributed by atoms with Crippen molar-refractivity contribution < 1.29 is 14.0 Å². The highest BCUT2D eigenvalue weighted by Gasteiger charge is 2.43. The van der Waals surface area contributed by atoms with Crippen LogP contribution in [0.2, 0.25) is 0 Å². The number of aryl methyl sites for hydroxylation is 1. The molecule has 6 heteroatoms. The standard InChI is InChI=1S/C16H18N2O3S/c1-10-5-6-11(21-10)9-17-16(20)12-8-14(19)18(2)15(12)13-4-3-7-22-13/h3-7,12,15H,8-9H2,1-2H3,(H,17,20)/t12-,15-/m0/s1. The molecule has 2 atom stereocenters. The van der Waals surface area contributed by atoms with Gasteiger partial charge in [-0.2, -0.15) is 0 Å². The number of likely N-dealkylation sites (tertiary alicyclic amines) is 1. The van der Waals surface area contributed by atoms with Crippen molar-refractivity contribution in [1.29, 1.82) is 0 Å². The highest BCUT2D eigenvalue weighted by atomic mass is 32.1. The summed E-state index contributed by atoms with van der Waals surface area (Å²) < 4.78 is 5.45. The van der Waals surface area contributed by atoms with E-state index in [9.17, 15) is 9.59 Å². The minimum atomic E-state index is -0.354. The molecule has 1 saturated heterocycles. The Morgan fingerprint density at radius 2 is 2.27 bits per heavy atom. The van der Waals surface area contributed by atoms with Crippen LogP contribution >= 0.6 is 11.3 Å². The third-order valence-corrected chi connectivity index (χ3v) is 4.93. The molecular formula is C16H18N2O3S. The number of hydrogen-bond donors (Lipinski definition) is 1. The minimum absolute atomic E-state index is 0.00685. The number of thiophene rings is 1. The van der Waals surface area contributed by atoms with Gasteiger partial charge in [-0.3, -0.25) is 9.59 Å². The molecule has 0 aromatic carbocycles. The predicted molar refractivity (Wildman–Crippen MR) is 83.2 cm³/mol. The Labute approximate surface area is 132 Å². The van der Waals surface area contributed by atoms with E-state index in [0.29, 0.717) is 6.54 Å². The Hall–Kier alpha value is -2.08. The highest BCUT2D eigenvalue weighted by molar-refractivity contribution is 7.10. The van der Waals surface area contributed by atoms with Gasteiger partial charge in [-0.05, 0) is 30.5 Å². The zero-order valence-electron chi connectivity index (χ0n) is 12.5. The van der Waals surface area contributed by atoms with Crippen molar-refractivity contribution in [2.45, 2.75) is 25.9 Å². The quantitative estimate of drug-likeness (QED) is 0.942. The number of amides is 2. The van der Waals surface area contributed by atoms with Gasteiger partial charge in [0.25, 0.3) is 0 Å². The Morgan fingerprint density at radius 1 is 1.45 bits per heavy atom. The van der Waals surface area contributed by atoms with Crippen LogP contribution in [0.15, 0.2) is 34.1 Å². The fraction of sp³-hybridized carbons (Fsp3) is 0.375. The van der Waals surface area contributed by atoms with Crippen LogP contribution in [0.1, 0.15) is 28.9 Å². The van der Waals surface area contributed by atoms with Crippen LogP contribution < -0.4 is 5.32 Å². The fourth-order valence-corrected chi connectivity index (χ4v) is 3.77. The molecule has 2 aromatic rings. The first-order valence-electron chi connectivity index (χ1n) is 7.18. The van der Waals surface area contributed by atoms with Crippen LogP contribution in [0.4, 0.5) is 0 Å². The molecular weight excluding hydrogens is 300 g/mol. The second kappa shape index (κ2) is 5.96. The Kier molecular flexibility index (Phi) is 4.02. The second-order valence-corrected chi connectivity index (χ2v) is 6.48. The van der Waals surface area contributed by atoms with Crippen LogP contribution in [0.25, 0.3) is 0 Å². The number of carbonyl (C=O) groups excluding carboxylic acids is 2. The maximum Gasteiger partial charge on any atom is 0.226 e. The molecule has 1 N–H and O–H groups in total. The van der Waals surface area contributed by atoms with Crippen LogP contribution in [-0.2, 0) is 16.1 Å². The SMILES string of the molecule is Cc1ccc(CNC(=O)[C@H]2CC(=O)N(C)[C@@H]2c2cccs2)o1. The van der Waals surface area contributed by atoms with Crippen LogP contribution in [0.5, 0.6) is 0 Å². The summed E-state index contributed by atoms with van der Waals surface area (Å²) in [6.07, 6.45) is 0.252. The Bertz CT molecular complexity index is 677. The van der Waals surface area contributed by atoms with Gasteiger partial charge in [0.15, 0.2) is 0 Å². The first kappa shape index (κ1) is 14.8. The number of hydrogen-bond acceptors (Lipinski definition) is 4. The first-order valence-corrected chi connectivity index (χ1v) is 8.06. The van der Waals surface area contributed by atoms with Crippen LogP contribution in [0, 0.1) is 12.8 Å². The van der Waals surface area contributed by atoms with E-state index in [2.05, 4.69) is 5.32 Å². The molecule has 5 nitrogen and oxygen atoms in total. The largest absolute Gasteiger partial charge is 0.465 e. The normalized spacial score (nSPS) is 21.4. The van der Waals surface area contributed by atoms with Crippen molar-refractivity contribution in [3.05, 3.63) is 46.0 Å². The van der Waals surface area contributed by atoms with Gasteiger partial charge < -0.3 is 14.6 Å². The molecule has 0 bridgehead atoms. The molecule has 0 unspecified atom stereocenters. The molecule has 0 radical (unpaired) electrons. The average molecular weight is 318 g/mol.